The van der Waals surface area contributed by atoms with Crippen LogP contribution in [0.25, 0.3) is 0 Å². The van der Waals surface area contributed by atoms with E-state index in [0.717, 1.165) is 10.0 Å². The van der Waals surface area contributed by atoms with Crippen LogP contribution in [0.4, 0.5) is 0 Å². The molecule has 0 saturated carbocycles. The molecule has 0 aliphatic rings. The van der Waals surface area contributed by atoms with Gasteiger partial charge in [0.1, 0.15) is 6.61 Å². The predicted molar refractivity (Wildman–Crippen MR) is 107 cm³/mol. The molecule has 2 aromatic rings. The van der Waals surface area contributed by atoms with Crippen molar-refractivity contribution in [1.82, 2.24) is 5.43 Å². The number of amides is 1. The summed E-state index contributed by atoms with van der Waals surface area (Å²) < 4.78 is 11.7. The van der Waals surface area contributed by atoms with E-state index in [4.69, 9.17) is 21.1 Å². The van der Waals surface area contributed by atoms with Gasteiger partial charge >= 0.3 is 0 Å². The second-order valence-corrected chi connectivity index (χ2v) is 6.55. The van der Waals surface area contributed by atoms with Crippen molar-refractivity contribution in [2.45, 2.75) is 6.42 Å². The Morgan fingerprint density at radius 3 is 2.73 bits per heavy atom. The lowest BCUT2D eigenvalue weighted by Crippen LogP contribution is -2.19. The van der Waals surface area contributed by atoms with Crippen LogP contribution in [0.15, 0.2) is 58.6 Å². The van der Waals surface area contributed by atoms with Gasteiger partial charge in [0.25, 0.3) is 0 Å². The lowest BCUT2D eigenvalue weighted by atomic mass is 10.1. The fourth-order valence-corrected chi connectivity index (χ4v) is 2.64. The fourth-order valence-electron chi connectivity index (χ4n) is 2.10. The maximum absolute atomic E-state index is 11.9. The summed E-state index contributed by atoms with van der Waals surface area (Å²) >= 11 is 9.58. The molecule has 2 rings (SSSR count). The Morgan fingerprint density at radius 1 is 1.35 bits per heavy atom. The van der Waals surface area contributed by atoms with Crippen molar-refractivity contribution >= 4 is 39.7 Å². The maximum Gasteiger partial charge on any atom is 0.244 e. The number of rotatable bonds is 8. The van der Waals surface area contributed by atoms with Gasteiger partial charge in [0.05, 0.1) is 24.8 Å². The third kappa shape index (κ3) is 5.89. The number of hydrogen-bond donors (Lipinski definition) is 1. The Hall–Kier alpha value is -2.31. The van der Waals surface area contributed by atoms with Crippen molar-refractivity contribution in [2.75, 3.05) is 13.7 Å². The van der Waals surface area contributed by atoms with E-state index in [-0.39, 0.29) is 12.3 Å². The molecule has 2 aromatic carbocycles. The zero-order chi connectivity index (χ0) is 18.9. The number of nitrogens with zero attached hydrogens (tertiary/aromatic N) is 1. The molecule has 0 aromatic heterocycles. The number of carbonyl (C=O) groups excluding carboxylic acids is 1. The van der Waals surface area contributed by atoms with Gasteiger partial charge in [0, 0.05) is 4.47 Å². The molecule has 0 atom stereocenters. The van der Waals surface area contributed by atoms with Crippen molar-refractivity contribution in [3.05, 3.63) is 69.7 Å². The molecule has 0 aliphatic heterocycles. The van der Waals surface area contributed by atoms with Gasteiger partial charge in [-0.3, -0.25) is 4.79 Å². The lowest BCUT2D eigenvalue weighted by Gasteiger charge is -2.11. The topological polar surface area (TPSA) is 59.9 Å². The van der Waals surface area contributed by atoms with E-state index in [2.05, 4.69) is 33.0 Å². The summed E-state index contributed by atoms with van der Waals surface area (Å²) in [5.41, 5.74) is 4.06. The van der Waals surface area contributed by atoms with E-state index in [1.165, 1.54) is 13.3 Å². The second-order valence-electron chi connectivity index (χ2n) is 5.23. The Balaban J connectivity index is 2.00. The Labute approximate surface area is 165 Å². The number of carbonyl (C=O) groups is 1. The van der Waals surface area contributed by atoms with E-state index < -0.39 is 0 Å². The van der Waals surface area contributed by atoms with Gasteiger partial charge in [-0.15, -0.1) is 0 Å². The Bertz CT molecular complexity index is 807. The molecule has 0 radical (unpaired) electrons. The SMILES string of the molecule is C=CCOc1c(Cl)cc(/C=N\NC(=O)Cc2ccc(Br)cc2)cc1OC. The van der Waals surface area contributed by atoms with Crippen LogP contribution in [0.3, 0.4) is 0 Å². The van der Waals surface area contributed by atoms with Crippen LogP contribution in [0.1, 0.15) is 11.1 Å². The van der Waals surface area contributed by atoms with Crippen LogP contribution in [0, 0.1) is 0 Å². The molecule has 0 aliphatic carbocycles. The molecule has 0 fully saturated rings. The molecule has 7 heteroatoms. The summed E-state index contributed by atoms with van der Waals surface area (Å²) in [5.74, 6) is 0.694. The largest absolute Gasteiger partial charge is 0.493 e. The summed E-state index contributed by atoms with van der Waals surface area (Å²) in [4.78, 5) is 11.9. The van der Waals surface area contributed by atoms with E-state index in [1.54, 1.807) is 18.2 Å². The van der Waals surface area contributed by atoms with Crippen LogP contribution in [-0.2, 0) is 11.2 Å². The molecule has 5 nitrogen and oxygen atoms in total. The van der Waals surface area contributed by atoms with Crippen molar-refractivity contribution in [3.63, 3.8) is 0 Å². The van der Waals surface area contributed by atoms with Crippen LogP contribution < -0.4 is 14.9 Å². The molecular weight excluding hydrogens is 420 g/mol. The minimum Gasteiger partial charge on any atom is -0.493 e. The zero-order valence-electron chi connectivity index (χ0n) is 14.2. The molecular formula is C19H18BrClN2O3. The highest BCUT2D eigenvalue weighted by molar-refractivity contribution is 9.10. The summed E-state index contributed by atoms with van der Waals surface area (Å²) in [5, 5.41) is 4.34. The second kappa shape index (κ2) is 9.99. The smallest absolute Gasteiger partial charge is 0.244 e. The number of hydrazone groups is 1. The van der Waals surface area contributed by atoms with Gasteiger partial charge in [0.15, 0.2) is 11.5 Å². The highest BCUT2D eigenvalue weighted by Crippen LogP contribution is 2.36. The highest BCUT2D eigenvalue weighted by Gasteiger charge is 2.11. The number of benzene rings is 2. The van der Waals surface area contributed by atoms with E-state index in [1.807, 2.05) is 24.3 Å². The van der Waals surface area contributed by atoms with Crippen LogP contribution in [0.5, 0.6) is 11.5 Å². The number of nitrogens with one attached hydrogen (secondary N) is 1. The third-order valence-electron chi connectivity index (χ3n) is 3.28. The fraction of sp³-hybridized carbons (Fsp3) is 0.158. The Kier molecular flexibility index (Phi) is 7.69. The molecule has 26 heavy (non-hydrogen) atoms. The third-order valence-corrected chi connectivity index (χ3v) is 4.09. The number of methoxy groups -OCH3 is 1. The van der Waals surface area contributed by atoms with E-state index in [0.29, 0.717) is 28.7 Å². The summed E-state index contributed by atoms with van der Waals surface area (Å²) in [6, 6.07) is 10.9. The van der Waals surface area contributed by atoms with Crippen LogP contribution in [-0.4, -0.2) is 25.8 Å². The summed E-state index contributed by atoms with van der Waals surface area (Å²) in [7, 11) is 1.52. The minimum absolute atomic E-state index is 0.215. The lowest BCUT2D eigenvalue weighted by molar-refractivity contribution is -0.120. The van der Waals surface area contributed by atoms with Crippen molar-refractivity contribution in [1.29, 1.82) is 0 Å². The zero-order valence-corrected chi connectivity index (χ0v) is 16.5. The molecule has 0 heterocycles. The molecule has 1 N–H and O–H groups in total. The van der Waals surface area contributed by atoms with Gasteiger partial charge in [-0.05, 0) is 35.4 Å². The molecule has 0 saturated heterocycles. The first-order valence-electron chi connectivity index (χ1n) is 7.71. The number of halogens is 2. The molecule has 1 amide bonds. The van der Waals surface area contributed by atoms with Crippen molar-refractivity contribution in [2.24, 2.45) is 5.10 Å². The van der Waals surface area contributed by atoms with Gasteiger partial charge in [-0.2, -0.15) is 5.10 Å². The van der Waals surface area contributed by atoms with Crippen molar-refractivity contribution in [3.8, 4) is 11.5 Å². The van der Waals surface area contributed by atoms with Gasteiger partial charge in [0.2, 0.25) is 5.91 Å². The van der Waals surface area contributed by atoms with E-state index in [9.17, 15) is 4.79 Å². The first-order chi connectivity index (χ1) is 12.5. The molecule has 0 bridgehead atoms. The average molecular weight is 438 g/mol. The predicted octanol–water partition coefficient (Wildman–Crippen LogP) is 4.37. The van der Waals surface area contributed by atoms with E-state index >= 15 is 0 Å². The molecule has 0 spiro atoms. The number of ether oxygens (including phenoxy) is 2. The van der Waals surface area contributed by atoms with Gasteiger partial charge in [-0.25, -0.2) is 5.43 Å². The molecule has 0 unspecified atom stereocenters. The first kappa shape index (κ1) is 20.0. The standard InChI is InChI=1S/C19H18BrClN2O3/c1-3-8-26-19-16(21)9-14(10-17(19)25-2)12-22-23-18(24)11-13-4-6-15(20)7-5-13/h3-7,9-10,12H,1,8,11H2,2H3,(H,23,24)/b22-12-. The van der Waals surface area contributed by atoms with Crippen LogP contribution >= 0.6 is 27.5 Å². The summed E-state index contributed by atoms with van der Waals surface area (Å²) in [6.07, 6.45) is 3.35. The van der Waals surface area contributed by atoms with Gasteiger partial charge in [-0.1, -0.05) is 52.3 Å². The summed E-state index contributed by atoms with van der Waals surface area (Å²) in [6.45, 7) is 3.91. The number of hydrogen-bond acceptors (Lipinski definition) is 4. The minimum atomic E-state index is -0.215. The monoisotopic (exact) mass is 436 g/mol. The Morgan fingerprint density at radius 2 is 2.08 bits per heavy atom. The van der Waals surface area contributed by atoms with Crippen molar-refractivity contribution < 1.29 is 14.3 Å². The average Bonchev–Trinajstić information content (AvgIpc) is 2.62. The van der Waals surface area contributed by atoms with Crippen LogP contribution in [0.2, 0.25) is 5.02 Å². The normalized spacial score (nSPS) is 10.6. The maximum atomic E-state index is 11.9. The van der Waals surface area contributed by atoms with Gasteiger partial charge < -0.3 is 9.47 Å². The molecule has 136 valence electrons. The quantitative estimate of drug-likeness (QED) is 0.379. The first-order valence-corrected chi connectivity index (χ1v) is 8.88. The highest BCUT2D eigenvalue weighted by atomic mass is 79.9.